The number of aromatic nitrogens is 4. The van der Waals surface area contributed by atoms with Crippen molar-refractivity contribution in [2.75, 3.05) is 12.5 Å². The molecule has 0 fully saturated rings. The molecule has 146 valence electrons. The average molecular weight is 493 g/mol. The molecule has 0 radical (unpaired) electrons. The van der Waals surface area contributed by atoms with Gasteiger partial charge in [-0.05, 0) is 42.1 Å². The lowest BCUT2D eigenvalue weighted by atomic mass is 10.3. The van der Waals surface area contributed by atoms with Gasteiger partial charge in [0, 0.05) is 0 Å². The number of rotatable bonds is 8. The third-order valence-corrected chi connectivity index (χ3v) is 8.95. The van der Waals surface area contributed by atoms with Gasteiger partial charge in [-0.1, -0.05) is 46.2 Å². The number of nitro benzene ring substituents is 2. The zero-order chi connectivity index (χ0) is 20.3. The molecule has 10 nitrogen and oxygen atoms in total. The van der Waals surface area contributed by atoms with E-state index < -0.39 is 9.85 Å². The highest BCUT2D eigenvalue weighted by Gasteiger charge is 2.27. The summed E-state index contributed by atoms with van der Waals surface area (Å²) in [4.78, 5) is 22.1. The van der Waals surface area contributed by atoms with Crippen molar-refractivity contribution in [3.63, 3.8) is 0 Å². The van der Waals surface area contributed by atoms with E-state index in [1.54, 1.807) is 0 Å². The van der Waals surface area contributed by atoms with Crippen LogP contribution >= 0.6 is 69.7 Å². The minimum Gasteiger partial charge on any atom is -0.258 e. The fraction of sp³-hybridized carbons (Fsp3) is 0.167. The molecule has 0 N–H and O–H groups in total. The van der Waals surface area contributed by atoms with Crippen molar-refractivity contribution in [3.8, 4) is 0 Å². The lowest BCUT2D eigenvalue weighted by Crippen LogP contribution is -1.97. The van der Waals surface area contributed by atoms with Gasteiger partial charge in [0.15, 0.2) is 17.4 Å². The Balaban J connectivity index is 2.03. The Hall–Kier alpha value is -1.46. The number of hydrogen-bond acceptors (Lipinski definition) is 14. The predicted octanol–water partition coefficient (Wildman–Crippen LogP) is 4.95. The first kappa shape index (κ1) is 21.3. The van der Waals surface area contributed by atoms with E-state index >= 15 is 0 Å². The van der Waals surface area contributed by atoms with Gasteiger partial charge in [0.2, 0.25) is 0 Å². The third kappa shape index (κ3) is 4.93. The van der Waals surface area contributed by atoms with Gasteiger partial charge >= 0.3 is 0 Å². The highest BCUT2D eigenvalue weighted by molar-refractivity contribution is 8.03. The van der Waals surface area contributed by atoms with E-state index in [0.717, 1.165) is 38.3 Å². The third-order valence-electron chi connectivity index (χ3n) is 2.95. The van der Waals surface area contributed by atoms with Crippen LogP contribution in [0.15, 0.2) is 39.3 Å². The zero-order valence-electron chi connectivity index (χ0n) is 13.9. The summed E-state index contributed by atoms with van der Waals surface area (Å²) in [6, 6.07) is 2.39. The molecule has 0 amide bonds. The molecule has 0 aliphatic carbocycles. The Morgan fingerprint density at radius 2 is 1.14 bits per heavy atom. The van der Waals surface area contributed by atoms with Crippen LogP contribution in [-0.2, 0) is 0 Å². The van der Waals surface area contributed by atoms with Gasteiger partial charge in [0.25, 0.3) is 11.4 Å². The van der Waals surface area contributed by atoms with Crippen LogP contribution in [0.1, 0.15) is 0 Å². The summed E-state index contributed by atoms with van der Waals surface area (Å²) >= 11 is 7.52. The molecular weight excluding hydrogens is 485 g/mol. The van der Waals surface area contributed by atoms with Crippen molar-refractivity contribution < 1.29 is 9.85 Å². The molecule has 2 heterocycles. The summed E-state index contributed by atoms with van der Waals surface area (Å²) in [5.74, 6) is 0. The molecule has 16 heteroatoms. The van der Waals surface area contributed by atoms with Gasteiger partial charge in [0.05, 0.1) is 25.7 Å². The number of thioether (sulfide) groups is 2. The van der Waals surface area contributed by atoms with Crippen molar-refractivity contribution >= 4 is 81.1 Å². The zero-order valence-corrected chi connectivity index (χ0v) is 18.8. The van der Waals surface area contributed by atoms with Crippen molar-refractivity contribution in [1.82, 2.24) is 20.4 Å². The number of nitrogens with zero attached hydrogens (tertiary/aromatic N) is 6. The second-order valence-corrected chi connectivity index (χ2v) is 11.2. The minimum atomic E-state index is -0.642. The summed E-state index contributed by atoms with van der Waals surface area (Å²) in [7, 11) is 0. The van der Waals surface area contributed by atoms with Crippen LogP contribution in [0, 0.1) is 20.2 Å². The SMILES string of the molecule is CSc1nnc(Sc2cc(Sc3nnc(SC)s3)c([N+](=O)[O-])cc2[N+](=O)[O-])s1. The van der Waals surface area contributed by atoms with E-state index in [2.05, 4.69) is 20.4 Å². The monoisotopic (exact) mass is 492 g/mol. The van der Waals surface area contributed by atoms with Crippen LogP contribution < -0.4 is 0 Å². The fourth-order valence-corrected chi connectivity index (χ4v) is 6.93. The molecule has 3 rings (SSSR count). The standard InChI is InChI=1S/C12H8N6O4S6/c1-23-9-13-15-11(27-9)25-7-4-8(26-12-16-14-10(24-2)28-12)6(18(21)22)3-5(7)17(19)20/h3-4H,1-2H3. The Morgan fingerprint density at radius 1 is 0.750 bits per heavy atom. The molecule has 0 atom stereocenters. The maximum absolute atomic E-state index is 11.5. The van der Waals surface area contributed by atoms with Gasteiger partial charge in [-0.2, -0.15) is 0 Å². The van der Waals surface area contributed by atoms with Gasteiger partial charge < -0.3 is 0 Å². The van der Waals surface area contributed by atoms with E-state index in [1.807, 2.05) is 12.5 Å². The van der Waals surface area contributed by atoms with Crippen LogP contribution in [0.2, 0.25) is 0 Å². The Bertz CT molecular complexity index is 962. The number of nitro groups is 2. The first-order chi connectivity index (χ1) is 13.4. The Morgan fingerprint density at radius 3 is 1.46 bits per heavy atom. The molecule has 1 aromatic carbocycles. The molecular formula is C12H8N6O4S6. The van der Waals surface area contributed by atoms with E-state index in [9.17, 15) is 20.2 Å². The van der Waals surface area contributed by atoms with E-state index in [-0.39, 0.29) is 21.2 Å². The summed E-state index contributed by atoms with van der Waals surface area (Å²) in [5, 5.41) is 38.8. The molecule has 28 heavy (non-hydrogen) atoms. The minimum absolute atomic E-state index is 0.247. The van der Waals surface area contributed by atoms with Crippen molar-refractivity contribution in [1.29, 1.82) is 0 Å². The molecule has 0 spiro atoms. The van der Waals surface area contributed by atoms with E-state index in [1.165, 1.54) is 52.3 Å². The fourth-order valence-electron chi connectivity index (χ4n) is 1.82. The number of benzene rings is 1. The summed E-state index contributed by atoms with van der Waals surface area (Å²) < 4.78 is 2.47. The molecule has 0 bridgehead atoms. The first-order valence-electron chi connectivity index (χ1n) is 6.98. The highest BCUT2D eigenvalue weighted by atomic mass is 32.2. The Kier molecular flexibility index (Phi) is 7.10. The molecule has 0 aliphatic rings. The van der Waals surface area contributed by atoms with Crippen LogP contribution in [0.4, 0.5) is 11.4 Å². The van der Waals surface area contributed by atoms with Crippen molar-refractivity contribution in [2.24, 2.45) is 0 Å². The summed E-state index contributed by atoms with van der Waals surface area (Å²) in [5.41, 5.74) is -0.715. The van der Waals surface area contributed by atoms with Gasteiger partial charge in [0.1, 0.15) is 0 Å². The molecule has 0 unspecified atom stereocenters. The predicted molar refractivity (Wildman–Crippen MR) is 111 cm³/mol. The van der Waals surface area contributed by atoms with Gasteiger partial charge in [-0.25, -0.2) is 0 Å². The molecule has 0 saturated heterocycles. The molecule has 0 aliphatic heterocycles. The molecule has 2 aromatic heterocycles. The van der Waals surface area contributed by atoms with Crippen molar-refractivity contribution in [2.45, 2.75) is 27.1 Å². The summed E-state index contributed by atoms with van der Waals surface area (Å²) in [6.07, 6.45) is 3.70. The van der Waals surface area contributed by atoms with Crippen LogP contribution in [-0.4, -0.2) is 42.8 Å². The normalized spacial score (nSPS) is 10.9. The topological polar surface area (TPSA) is 138 Å². The second kappa shape index (κ2) is 9.36. The second-order valence-electron chi connectivity index (χ2n) is 4.58. The lowest BCUT2D eigenvalue weighted by Gasteiger charge is -2.05. The smallest absolute Gasteiger partial charge is 0.258 e. The maximum Gasteiger partial charge on any atom is 0.290 e. The quantitative estimate of drug-likeness (QED) is 0.239. The highest BCUT2D eigenvalue weighted by Crippen LogP contribution is 2.45. The molecule has 0 saturated carbocycles. The molecule has 3 aromatic rings. The average Bonchev–Trinajstić information content (AvgIpc) is 3.30. The van der Waals surface area contributed by atoms with E-state index in [4.69, 9.17) is 0 Å². The lowest BCUT2D eigenvalue weighted by molar-refractivity contribution is -0.397. The van der Waals surface area contributed by atoms with Crippen LogP contribution in [0.3, 0.4) is 0 Å². The largest absolute Gasteiger partial charge is 0.290 e. The van der Waals surface area contributed by atoms with Crippen LogP contribution in [0.5, 0.6) is 0 Å². The maximum atomic E-state index is 11.5. The Labute approximate surface area is 182 Å². The van der Waals surface area contributed by atoms with Gasteiger partial charge in [-0.3, -0.25) is 20.2 Å². The number of hydrogen-bond donors (Lipinski definition) is 0. The first-order valence-corrected chi connectivity index (χ1v) is 12.7. The summed E-state index contributed by atoms with van der Waals surface area (Å²) in [6.45, 7) is 0. The van der Waals surface area contributed by atoms with Gasteiger partial charge in [-0.15, -0.1) is 20.4 Å². The van der Waals surface area contributed by atoms with Crippen molar-refractivity contribution in [3.05, 3.63) is 32.4 Å². The van der Waals surface area contributed by atoms with Crippen LogP contribution in [0.25, 0.3) is 0 Å². The van der Waals surface area contributed by atoms with E-state index in [0.29, 0.717) is 8.68 Å².